The van der Waals surface area contributed by atoms with Gasteiger partial charge in [0.05, 0.1) is 12.7 Å². The highest BCUT2D eigenvalue weighted by Gasteiger charge is 2.28. The third-order valence-electron chi connectivity index (χ3n) is 3.63. The Hall–Kier alpha value is -1.30. The topological polar surface area (TPSA) is 78.9 Å². The van der Waals surface area contributed by atoms with Crippen molar-refractivity contribution in [3.8, 4) is 0 Å². The lowest BCUT2D eigenvalue weighted by Gasteiger charge is -2.34. The van der Waals surface area contributed by atoms with Gasteiger partial charge in [0.15, 0.2) is 0 Å². The number of carbonyl (C=O) groups is 2. The van der Waals surface area contributed by atoms with Gasteiger partial charge in [-0.2, -0.15) is 0 Å². The van der Waals surface area contributed by atoms with Crippen LogP contribution in [-0.4, -0.2) is 53.3 Å². The molecule has 6 heteroatoms. The number of rotatable bonds is 6. The van der Waals surface area contributed by atoms with Crippen LogP contribution in [0.2, 0.25) is 0 Å². The van der Waals surface area contributed by atoms with Crippen molar-refractivity contribution in [3.63, 3.8) is 0 Å². The van der Waals surface area contributed by atoms with E-state index in [9.17, 15) is 9.59 Å². The molecule has 0 heterocycles. The Morgan fingerprint density at radius 3 is 2.38 bits per heavy atom. The Labute approximate surface area is 126 Å². The summed E-state index contributed by atoms with van der Waals surface area (Å²) >= 11 is 0. The summed E-state index contributed by atoms with van der Waals surface area (Å²) in [5, 5.41) is 11.6. The molecule has 0 aromatic rings. The van der Waals surface area contributed by atoms with Gasteiger partial charge in [0.2, 0.25) is 0 Å². The zero-order valence-corrected chi connectivity index (χ0v) is 13.4. The summed E-state index contributed by atoms with van der Waals surface area (Å²) in [6.45, 7) is 6.01. The Bertz CT molecular complexity index is 346. The molecule has 0 aliphatic heterocycles. The molecule has 1 aliphatic rings. The number of carboxylic acids is 1. The Balaban J connectivity index is 2.31. The van der Waals surface area contributed by atoms with E-state index in [1.807, 2.05) is 20.8 Å². The second kappa shape index (κ2) is 8.22. The molecule has 6 nitrogen and oxygen atoms in total. The fraction of sp³-hybridized carbons (Fsp3) is 0.867. The number of aliphatic carboxylic acids is 1. The van der Waals surface area contributed by atoms with Crippen LogP contribution in [0.1, 0.15) is 52.9 Å². The molecular weight excluding hydrogens is 272 g/mol. The maximum Gasteiger partial charge on any atom is 0.323 e. The third-order valence-corrected chi connectivity index (χ3v) is 3.63. The average Bonchev–Trinajstić information content (AvgIpc) is 2.40. The zero-order chi connectivity index (χ0) is 15.9. The number of amides is 2. The molecule has 0 saturated heterocycles. The third kappa shape index (κ3) is 6.80. The van der Waals surface area contributed by atoms with Gasteiger partial charge >= 0.3 is 12.0 Å². The summed E-state index contributed by atoms with van der Waals surface area (Å²) in [6.07, 6.45) is 6.23. The van der Waals surface area contributed by atoms with E-state index in [2.05, 4.69) is 5.32 Å². The van der Waals surface area contributed by atoms with E-state index < -0.39 is 11.5 Å². The summed E-state index contributed by atoms with van der Waals surface area (Å²) < 4.78 is 5.73. The van der Waals surface area contributed by atoms with E-state index in [0.717, 1.165) is 12.8 Å². The van der Waals surface area contributed by atoms with Crippen molar-refractivity contribution in [3.05, 3.63) is 0 Å². The summed E-state index contributed by atoms with van der Waals surface area (Å²) in [5.74, 6) is -1.02. The lowest BCUT2D eigenvalue weighted by Crippen LogP contribution is -2.52. The predicted molar refractivity (Wildman–Crippen MR) is 80.3 cm³/mol. The van der Waals surface area contributed by atoms with Crippen LogP contribution >= 0.6 is 0 Å². The zero-order valence-electron chi connectivity index (χ0n) is 13.4. The first-order chi connectivity index (χ1) is 9.80. The number of nitrogens with zero attached hydrogens (tertiary/aromatic N) is 1. The summed E-state index contributed by atoms with van der Waals surface area (Å²) in [5.41, 5.74) is -0.535. The van der Waals surface area contributed by atoms with Crippen LogP contribution in [0.15, 0.2) is 0 Å². The van der Waals surface area contributed by atoms with Gasteiger partial charge in [0, 0.05) is 12.1 Å². The Morgan fingerprint density at radius 1 is 1.24 bits per heavy atom. The molecule has 1 rings (SSSR count). The number of carboxylic acid groups (broad SMARTS) is 1. The lowest BCUT2D eigenvalue weighted by atomic mass is 9.98. The minimum atomic E-state index is -1.02. The van der Waals surface area contributed by atoms with Gasteiger partial charge in [-0.3, -0.25) is 4.79 Å². The number of urea groups is 1. The summed E-state index contributed by atoms with van der Waals surface area (Å²) in [4.78, 5) is 24.2. The van der Waals surface area contributed by atoms with E-state index in [1.165, 1.54) is 24.2 Å². The van der Waals surface area contributed by atoms with E-state index in [1.54, 1.807) is 0 Å². The fourth-order valence-electron chi connectivity index (χ4n) is 2.46. The molecule has 0 atom stereocenters. The molecule has 1 aliphatic carbocycles. The molecule has 21 heavy (non-hydrogen) atoms. The average molecular weight is 300 g/mol. The molecule has 2 N–H and O–H groups in total. The SMILES string of the molecule is CC(C)(C)N(CC(=O)O)C(=O)NCCOC1CCCCC1. The molecule has 122 valence electrons. The highest BCUT2D eigenvalue weighted by molar-refractivity contribution is 5.80. The molecule has 0 radical (unpaired) electrons. The van der Waals surface area contributed by atoms with Crippen molar-refractivity contribution in [2.24, 2.45) is 0 Å². The monoisotopic (exact) mass is 300 g/mol. The minimum absolute atomic E-state index is 0.307. The standard InChI is InChI=1S/C15H28N2O4/c1-15(2,3)17(11-13(18)19)14(20)16-9-10-21-12-7-5-4-6-8-12/h12H,4-11H2,1-3H3,(H,16,20)(H,18,19). The van der Waals surface area contributed by atoms with Gasteiger partial charge < -0.3 is 20.1 Å². The van der Waals surface area contributed by atoms with Crippen LogP contribution in [0, 0.1) is 0 Å². The van der Waals surface area contributed by atoms with Crippen LogP contribution in [0.3, 0.4) is 0 Å². The second-order valence-corrected chi connectivity index (χ2v) is 6.51. The first-order valence-corrected chi connectivity index (χ1v) is 7.69. The van der Waals surface area contributed by atoms with Gasteiger partial charge in [-0.25, -0.2) is 4.79 Å². The quantitative estimate of drug-likeness (QED) is 0.737. The molecule has 1 fully saturated rings. The normalized spacial score (nSPS) is 16.5. The summed E-state index contributed by atoms with van der Waals surface area (Å²) in [7, 11) is 0. The number of hydrogen-bond donors (Lipinski definition) is 2. The van der Waals surface area contributed by atoms with Crippen molar-refractivity contribution in [2.45, 2.75) is 64.5 Å². The van der Waals surface area contributed by atoms with E-state index in [4.69, 9.17) is 9.84 Å². The van der Waals surface area contributed by atoms with Crippen LogP contribution in [0.4, 0.5) is 4.79 Å². The molecular formula is C15H28N2O4. The van der Waals surface area contributed by atoms with E-state index in [-0.39, 0.29) is 12.6 Å². The van der Waals surface area contributed by atoms with Crippen LogP contribution in [-0.2, 0) is 9.53 Å². The number of nitrogens with one attached hydrogen (secondary N) is 1. The number of carbonyl (C=O) groups excluding carboxylic acids is 1. The van der Waals surface area contributed by atoms with Gasteiger partial charge in [0.1, 0.15) is 6.54 Å². The lowest BCUT2D eigenvalue weighted by molar-refractivity contribution is -0.138. The molecule has 1 saturated carbocycles. The van der Waals surface area contributed by atoms with Crippen LogP contribution in [0.5, 0.6) is 0 Å². The largest absolute Gasteiger partial charge is 0.480 e. The Kier molecular flexibility index (Phi) is 6.95. The van der Waals surface area contributed by atoms with Crippen molar-refractivity contribution < 1.29 is 19.4 Å². The van der Waals surface area contributed by atoms with Crippen LogP contribution < -0.4 is 5.32 Å². The van der Waals surface area contributed by atoms with Gasteiger partial charge in [0.25, 0.3) is 0 Å². The minimum Gasteiger partial charge on any atom is -0.480 e. The number of hydrogen-bond acceptors (Lipinski definition) is 3. The van der Waals surface area contributed by atoms with Gasteiger partial charge in [-0.1, -0.05) is 19.3 Å². The van der Waals surface area contributed by atoms with Gasteiger partial charge in [-0.05, 0) is 33.6 Å². The van der Waals surface area contributed by atoms with Crippen molar-refractivity contribution in [1.82, 2.24) is 10.2 Å². The Morgan fingerprint density at radius 2 is 1.86 bits per heavy atom. The van der Waals surface area contributed by atoms with Crippen molar-refractivity contribution in [1.29, 1.82) is 0 Å². The molecule has 0 aromatic heterocycles. The fourth-order valence-corrected chi connectivity index (χ4v) is 2.46. The smallest absolute Gasteiger partial charge is 0.323 e. The van der Waals surface area contributed by atoms with E-state index >= 15 is 0 Å². The molecule has 0 spiro atoms. The van der Waals surface area contributed by atoms with Crippen molar-refractivity contribution in [2.75, 3.05) is 19.7 Å². The van der Waals surface area contributed by atoms with Gasteiger partial charge in [-0.15, -0.1) is 0 Å². The van der Waals surface area contributed by atoms with E-state index in [0.29, 0.717) is 19.3 Å². The van der Waals surface area contributed by atoms with Crippen molar-refractivity contribution >= 4 is 12.0 Å². The molecule has 0 bridgehead atoms. The second-order valence-electron chi connectivity index (χ2n) is 6.51. The number of ether oxygens (including phenoxy) is 1. The first kappa shape index (κ1) is 17.8. The molecule has 0 unspecified atom stereocenters. The maximum absolute atomic E-state index is 12.1. The maximum atomic E-state index is 12.1. The highest BCUT2D eigenvalue weighted by Crippen LogP contribution is 2.19. The predicted octanol–water partition coefficient (Wildman–Crippen LogP) is 2.23. The molecule has 0 aromatic carbocycles. The molecule has 2 amide bonds. The summed E-state index contributed by atoms with van der Waals surface area (Å²) in [6, 6.07) is -0.364. The first-order valence-electron chi connectivity index (χ1n) is 7.69. The van der Waals surface area contributed by atoms with Crippen LogP contribution in [0.25, 0.3) is 0 Å². The highest BCUT2D eigenvalue weighted by atomic mass is 16.5.